The third-order valence-corrected chi connectivity index (χ3v) is 15.9. The van der Waals surface area contributed by atoms with Crippen molar-refractivity contribution in [3.63, 3.8) is 0 Å². The Labute approximate surface area is 510 Å². The summed E-state index contributed by atoms with van der Waals surface area (Å²) in [5.41, 5.74) is 0. The molecule has 0 aliphatic rings. The molecule has 0 radical (unpaired) electrons. The molecule has 6 nitrogen and oxygen atoms in total. The summed E-state index contributed by atoms with van der Waals surface area (Å²) >= 11 is 0. The van der Waals surface area contributed by atoms with Gasteiger partial charge >= 0.3 is 17.9 Å². The van der Waals surface area contributed by atoms with E-state index < -0.39 is 6.10 Å². The van der Waals surface area contributed by atoms with E-state index in [9.17, 15) is 14.4 Å². The van der Waals surface area contributed by atoms with Crippen molar-refractivity contribution < 1.29 is 28.6 Å². The Morgan fingerprint density at radius 1 is 0.244 bits per heavy atom. The zero-order valence-electron chi connectivity index (χ0n) is 54.8. The van der Waals surface area contributed by atoms with Crippen LogP contribution in [0, 0.1) is 0 Å². The first kappa shape index (κ1) is 78.8. The molecule has 0 rings (SSSR count). The lowest BCUT2D eigenvalue weighted by molar-refractivity contribution is -0.167. The van der Waals surface area contributed by atoms with Crippen LogP contribution in [0.25, 0.3) is 0 Å². The molecule has 0 aliphatic carbocycles. The molecule has 6 heteroatoms. The molecule has 0 N–H and O–H groups in total. The third kappa shape index (κ3) is 67.6. The number of carbonyl (C=O) groups is 3. The third-order valence-electron chi connectivity index (χ3n) is 15.9. The lowest BCUT2D eigenvalue weighted by atomic mass is 10.0. The van der Waals surface area contributed by atoms with E-state index >= 15 is 0 Å². The van der Waals surface area contributed by atoms with Gasteiger partial charge in [-0.25, -0.2) is 0 Å². The SMILES string of the molecule is CCCCCCC/C=C\C/C=C\C/C=C\CCCCCCCCCCCCCCC(=O)OCC(COC(=O)CCCCCCCCCCCCCCCCCC)OC(=O)CCCCCCCC/C=C\C/C=C\C/C=C\CCCCCCC. The van der Waals surface area contributed by atoms with E-state index in [0.29, 0.717) is 19.3 Å². The van der Waals surface area contributed by atoms with E-state index in [1.54, 1.807) is 0 Å². The van der Waals surface area contributed by atoms with Crippen LogP contribution >= 0.6 is 0 Å². The maximum absolute atomic E-state index is 13.0. The van der Waals surface area contributed by atoms with Crippen LogP contribution in [0.1, 0.15) is 374 Å². The highest BCUT2D eigenvalue weighted by molar-refractivity contribution is 5.71. The summed E-state index contributed by atoms with van der Waals surface area (Å²) in [6.45, 7) is 6.66. The smallest absolute Gasteiger partial charge is 0.306 e. The molecular formula is C76H136O6. The molecule has 82 heavy (non-hydrogen) atoms. The number of ether oxygens (including phenoxy) is 3. The van der Waals surface area contributed by atoms with Gasteiger partial charge in [0.25, 0.3) is 0 Å². The van der Waals surface area contributed by atoms with Gasteiger partial charge in [0.2, 0.25) is 0 Å². The highest BCUT2D eigenvalue weighted by Gasteiger charge is 2.19. The van der Waals surface area contributed by atoms with Crippen molar-refractivity contribution in [3.05, 3.63) is 72.9 Å². The van der Waals surface area contributed by atoms with Gasteiger partial charge in [-0.2, -0.15) is 0 Å². The first-order valence-corrected chi connectivity index (χ1v) is 35.9. The topological polar surface area (TPSA) is 78.9 Å². The van der Waals surface area contributed by atoms with Crippen molar-refractivity contribution >= 4 is 17.9 Å². The number of allylic oxidation sites excluding steroid dienone is 12. The van der Waals surface area contributed by atoms with Crippen molar-refractivity contribution in [2.24, 2.45) is 0 Å². The Balaban J connectivity index is 4.33. The second-order valence-electron chi connectivity index (χ2n) is 24.1. The van der Waals surface area contributed by atoms with Gasteiger partial charge in [0.15, 0.2) is 6.10 Å². The average molecular weight is 1150 g/mol. The van der Waals surface area contributed by atoms with Gasteiger partial charge in [-0.15, -0.1) is 0 Å². The maximum Gasteiger partial charge on any atom is 0.306 e. The van der Waals surface area contributed by atoms with E-state index in [0.717, 1.165) is 96.3 Å². The summed E-state index contributed by atoms with van der Waals surface area (Å²) in [6.07, 6.45) is 92.1. The molecule has 1 atom stereocenters. The van der Waals surface area contributed by atoms with Gasteiger partial charge in [-0.1, -0.05) is 331 Å². The van der Waals surface area contributed by atoms with Crippen molar-refractivity contribution in [3.8, 4) is 0 Å². The lowest BCUT2D eigenvalue weighted by Crippen LogP contribution is -2.30. The molecule has 0 bridgehead atoms. The second kappa shape index (κ2) is 70.3. The molecule has 0 amide bonds. The quantitative estimate of drug-likeness (QED) is 0.0261. The summed E-state index contributed by atoms with van der Waals surface area (Å²) < 4.78 is 17.0. The van der Waals surface area contributed by atoms with Crippen molar-refractivity contribution in [1.82, 2.24) is 0 Å². The zero-order valence-corrected chi connectivity index (χ0v) is 54.8. The minimum absolute atomic E-state index is 0.0774. The maximum atomic E-state index is 13.0. The van der Waals surface area contributed by atoms with Crippen LogP contribution < -0.4 is 0 Å². The fraction of sp³-hybridized carbons (Fsp3) is 0.803. The van der Waals surface area contributed by atoms with Crippen molar-refractivity contribution in [2.75, 3.05) is 13.2 Å². The monoisotopic (exact) mass is 1150 g/mol. The van der Waals surface area contributed by atoms with E-state index in [4.69, 9.17) is 14.2 Å². The van der Waals surface area contributed by atoms with E-state index in [1.807, 2.05) is 0 Å². The summed E-state index contributed by atoms with van der Waals surface area (Å²) in [4.78, 5) is 38.5. The molecule has 0 aliphatic heterocycles. The average Bonchev–Trinajstić information content (AvgIpc) is 3.47. The van der Waals surface area contributed by atoms with Crippen LogP contribution in [0.4, 0.5) is 0 Å². The molecule has 1 unspecified atom stereocenters. The van der Waals surface area contributed by atoms with Crippen LogP contribution in [-0.2, 0) is 28.6 Å². The van der Waals surface area contributed by atoms with Crippen LogP contribution in [0.2, 0.25) is 0 Å². The Morgan fingerprint density at radius 3 is 0.683 bits per heavy atom. The van der Waals surface area contributed by atoms with Gasteiger partial charge in [-0.05, 0) is 96.3 Å². The summed E-state index contributed by atoms with van der Waals surface area (Å²) in [5.74, 6) is -0.869. The molecule has 0 aromatic carbocycles. The molecule has 0 spiro atoms. The van der Waals surface area contributed by atoms with E-state index in [-0.39, 0.29) is 31.1 Å². The second-order valence-corrected chi connectivity index (χ2v) is 24.1. The van der Waals surface area contributed by atoms with E-state index in [1.165, 1.54) is 238 Å². The number of rotatable bonds is 66. The molecule has 476 valence electrons. The summed E-state index contributed by atoms with van der Waals surface area (Å²) in [5, 5.41) is 0. The zero-order chi connectivity index (χ0) is 59.2. The van der Waals surface area contributed by atoms with Crippen molar-refractivity contribution in [1.29, 1.82) is 0 Å². The van der Waals surface area contributed by atoms with Crippen molar-refractivity contribution in [2.45, 2.75) is 380 Å². The standard InChI is InChI=1S/C76H136O6/c1-4-7-10-13-16-19-22-25-28-31-33-35-36-37-38-39-40-42-43-45-48-51-54-57-60-63-66-69-75(78)81-72-73(71-80-74(77)68-65-62-59-56-53-50-47-30-27-24-21-18-15-12-9-6-3)82-76(79)70-67-64-61-58-55-52-49-46-44-41-34-32-29-26-23-20-17-14-11-8-5-2/h22-23,25-26,31-34,36-37,44,46,73H,4-21,24,27-30,35,38-43,45,47-72H2,1-3H3/b25-22-,26-23-,33-31-,34-32-,37-36-,46-44-. The predicted molar refractivity (Wildman–Crippen MR) is 358 cm³/mol. The molecule has 0 heterocycles. The van der Waals surface area contributed by atoms with Gasteiger partial charge < -0.3 is 14.2 Å². The number of carbonyl (C=O) groups excluding carboxylic acids is 3. The summed E-state index contributed by atoms with van der Waals surface area (Å²) in [6, 6.07) is 0. The molecule has 0 fully saturated rings. The predicted octanol–water partition coefficient (Wildman–Crippen LogP) is 24.8. The Morgan fingerprint density at radius 2 is 0.439 bits per heavy atom. The van der Waals surface area contributed by atoms with Crippen LogP contribution in [-0.4, -0.2) is 37.2 Å². The Bertz CT molecular complexity index is 1500. The minimum atomic E-state index is -0.784. The number of hydrogen-bond donors (Lipinski definition) is 0. The van der Waals surface area contributed by atoms with Gasteiger partial charge in [0, 0.05) is 19.3 Å². The minimum Gasteiger partial charge on any atom is -0.462 e. The van der Waals surface area contributed by atoms with Gasteiger partial charge in [-0.3, -0.25) is 14.4 Å². The normalized spacial score (nSPS) is 12.5. The van der Waals surface area contributed by atoms with Crippen LogP contribution in [0.5, 0.6) is 0 Å². The fourth-order valence-corrected chi connectivity index (χ4v) is 10.5. The largest absolute Gasteiger partial charge is 0.462 e. The lowest BCUT2D eigenvalue weighted by Gasteiger charge is -2.18. The number of esters is 3. The number of unbranched alkanes of at least 4 members (excludes halogenated alkanes) is 43. The molecule has 0 saturated heterocycles. The number of hydrogen-bond acceptors (Lipinski definition) is 6. The highest BCUT2D eigenvalue weighted by atomic mass is 16.6. The molecule has 0 aromatic heterocycles. The van der Waals surface area contributed by atoms with Gasteiger partial charge in [0.1, 0.15) is 13.2 Å². The van der Waals surface area contributed by atoms with E-state index in [2.05, 4.69) is 93.7 Å². The fourth-order valence-electron chi connectivity index (χ4n) is 10.5. The first-order valence-electron chi connectivity index (χ1n) is 35.9. The van der Waals surface area contributed by atoms with Crippen LogP contribution in [0.15, 0.2) is 72.9 Å². The molecule has 0 aromatic rings. The molecular weight excluding hydrogens is 1010 g/mol. The Hall–Kier alpha value is -3.15. The highest BCUT2D eigenvalue weighted by Crippen LogP contribution is 2.18. The first-order chi connectivity index (χ1) is 40.5. The Kier molecular flexibility index (Phi) is 67.6. The molecule has 0 saturated carbocycles. The van der Waals surface area contributed by atoms with Gasteiger partial charge in [0.05, 0.1) is 0 Å². The van der Waals surface area contributed by atoms with Crippen LogP contribution in [0.3, 0.4) is 0 Å². The summed E-state index contributed by atoms with van der Waals surface area (Å²) in [7, 11) is 0.